The Morgan fingerprint density at radius 1 is 1.43 bits per heavy atom. The molecule has 0 spiro atoms. The first kappa shape index (κ1) is 18.2. The van der Waals surface area contributed by atoms with E-state index in [0.29, 0.717) is 6.54 Å². The van der Waals surface area contributed by atoms with Crippen molar-refractivity contribution in [3.63, 3.8) is 0 Å². The summed E-state index contributed by atoms with van der Waals surface area (Å²) >= 11 is 8.91. The average Bonchev–Trinajstić information content (AvgIpc) is 2.38. The third kappa shape index (κ3) is 5.46. The highest BCUT2D eigenvalue weighted by Gasteiger charge is 2.21. The van der Waals surface area contributed by atoms with Gasteiger partial charge in [-0.3, -0.25) is 4.79 Å². The predicted molar refractivity (Wildman–Crippen MR) is 86.6 cm³/mol. The fourth-order valence-corrected chi connectivity index (χ4v) is 3.67. The lowest BCUT2D eigenvalue weighted by atomic mass is 10.2. The molecule has 1 rings (SSSR count). The van der Waals surface area contributed by atoms with Crippen LogP contribution < -0.4 is 15.8 Å². The maximum Gasteiger partial charge on any atom is 0.242 e. The smallest absolute Gasteiger partial charge is 0.242 e. The van der Waals surface area contributed by atoms with Gasteiger partial charge >= 0.3 is 0 Å². The van der Waals surface area contributed by atoms with Gasteiger partial charge in [-0.05, 0) is 34.0 Å². The number of amides is 1. The molecule has 0 unspecified atom stereocenters. The normalized spacial score (nSPS) is 11.7. The van der Waals surface area contributed by atoms with E-state index in [1.807, 2.05) is 13.8 Å². The Morgan fingerprint density at radius 2 is 2.05 bits per heavy atom. The number of benzene rings is 1. The van der Waals surface area contributed by atoms with Gasteiger partial charge in [0.15, 0.2) is 0 Å². The Kier molecular flexibility index (Phi) is 6.45. The topological polar surface area (TPSA) is 101 Å². The van der Waals surface area contributed by atoms with Crippen molar-refractivity contribution in [3.05, 3.63) is 21.6 Å². The van der Waals surface area contributed by atoms with Crippen LogP contribution in [0.5, 0.6) is 0 Å². The number of sulfonamides is 1. The van der Waals surface area contributed by atoms with Gasteiger partial charge in [0.2, 0.25) is 15.9 Å². The summed E-state index contributed by atoms with van der Waals surface area (Å²) in [4.78, 5) is 11.4. The van der Waals surface area contributed by atoms with Crippen molar-refractivity contribution < 1.29 is 13.2 Å². The van der Waals surface area contributed by atoms with Crippen LogP contribution in [0, 0.1) is 5.92 Å². The minimum atomic E-state index is -3.89. The van der Waals surface area contributed by atoms with Gasteiger partial charge in [0.05, 0.1) is 15.9 Å². The predicted octanol–water partition coefficient (Wildman–Crippen LogP) is 1.74. The lowest BCUT2D eigenvalue weighted by Gasteiger charge is -2.11. The molecule has 6 nitrogen and oxygen atoms in total. The molecule has 0 atom stereocenters. The molecule has 0 fully saturated rings. The number of hydrogen-bond acceptors (Lipinski definition) is 4. The van der Waals surface area contributed by atoms with E-state index in [2.05, 4.69) is 26.0 Å². The minimum absolute atomic E-state index is 0.107. The number of carbonyl (C=O) groups is 1. The highest BCUT2D eigenvalue weighted by atomic mass is 79.9. The second kappa shape index (κ2) is 7.44. The van der Waals surface area contributed by atoms with Gasteiger partial charge in [-0.1, -0.05) is 25.4 Å². The van der Waals surface area contributed by atoms with Crippen LogP contribution in [0.4, 0.5) is 5.69 Å². The van der Waals surface area contributed by atoms with Crippen molar-refractivity contribution in [1.29, 1.82) is 0 Å². The largest absolute Gasteiger partial charge is 0.398 e. The van der Waals surface area contributed by atoms with Gasteiger partial charge in [-0.15, -0.1) is 0 Å². The standard InChI is InChI=1S/C12H17BrClN3O3S/c1-7(2)5-16-11(18)6-17-21(19,20)10-4-8(14)3-9(15)12(10)13/h3-4,7,17H,5-6,15H2,1-2H3,(H,16,18). The zero-order chi connectivity index (χ0) is 16.2. The Balaban J connectivity index is 2.81. The number of halogens is 2. The van der Waals surface area contributed by atoms with Crippen LogP contribution in [0.15, 0.2) is 21.5 Å². The molecule has 9 heteroatoms. The van der Waals surface area contributed by atoms with Gasteiger partial charge in [-0.25, -0.2) is 13.1 Å². The van der Waals surface area contributed by atoms with Crippen LogP contribution in [0.2, 0.25) is 5.02 Å². The SMILES string of the molecule is CC(C)CNC(=O)CNS(=O)(=O)c1cc(Cl)cc(N)c1Br. The van der Waals surface area contributed by atoms with E-state index in [-0.39, 0.29) is 32.5 Å². The van der Waals surface area contributed by atoms with Crippen molar-refractivity contribution in [2.45, 2.75) is 18.7 Å². The highest BCUT2D eigenvalue weighted by Crippen LogP contribution is 2.31. The van der Waals surface area contributed by atoms with Gasteiger partial charge in [0.1, 0.15) is 0 Å². The molecule has 0 radical (unpaired) electrons. The third-order valence-corrected chi connectivity index (χ3v) is 5.24. The quantitative estimate of drug-likeness (QED) is 0.635. The molecule has 0 aromatic heterocycles. The van der Waals surface area contributed by atoms with E-state index in [0.717, 1.165) is 0 Å². The molecule has 1 aromatic carbocycles. The number of nitrogens with one attached hydrogen (secondary N) is 2. The summed E-state index contributed by atoms with van der Waals surface area (Å²) in [5.41, 5.74) is 5.85. The van der Waals surface area contributed by atoms with Crippen LogP contribution in [-0.4, -0.2) is 27.4 Å². The van der Waals surface area contributed by atoms with Crippen molar-refractivity contribution in [2.75, 3.05) is 18.8 Å². The molecular formula is C12H17BrClN3O3S. The third-order valence-electron chi connectivity index (χ3n) is 2.45. The molecule has 21 heavy (non-hydrogen) atoms. The summed E-state index contributed by atoms with van der Waals surface area (Å²) in [5, 5.41) is 2.81. The first-order valence-electron chi connectivity index (χ1n) is 6.14. The summed E-state index contributed by atoms with van der Waals surface area (Å²) in [6.45, 7) is 4.01. The molecule has 1 aromatic rings. The number of nitrogen functional groups attached to an aromatic ring is 1. The summed E-state index contributed by atoms with van der Waals surface area (Å²) in [6.07, 6.45) is 0. The number of anilines is 1. The molecule has 118 valence electrons. The van der Waals surface area contributed by atoms with Crippen LogP contribution >= 0.6 is 27.5 Å². The van der Waals surface area contributed by atoms with Gasteiger partial charge in [-0.2, -0.15) is 0 Å². The zero-order valence-electron chi connectivity index (χ0n) is 11.6. The molecule has 0 aliphatic rings. The van der Waals surface area contributed by atoms with E-state index in [9.17, 15) is 13.2 Å². The number of hydrogen-bond donors (Lipinski definition) is 3. The monoisotopic (exact) mass is 397 g/mol. The maximum absolute atomic E-state index is 12.2. The lowest BCUT2D eigenvalue weighted by molar-refractivity contribution is -0.120. The van der Waals surface area contributed by atoms with Crippen LogP contribution in [0.3, 0.4) is 0 Å². The van der Waals surface area contributed by atoms with E-state index < -0.39 is 15.9 Å². The Morgan fingerprint density at radius 3 is 2.62 bits per heavy atom. The lowest BCUT2D eigenvalue weighted by Crippen LogP contribution is -2.38. The molecule has 0 aliphatic carbocycles. The maximum atomic E-state index is 12.2. The first-order valence-corrected chi connectivity index (χ1v) is 8.79. The fourth-order valence-electron chi connectivity index (χ4n) is 1.40. The molecule has 1 amide bonds. The van der Waals surface area contributed by atoms with Gasteiger partial charge in [0, 0.05) is 17.3 Å². The van der Waals surface area contributed by atoms with Gasteiger partial charge < -0.3 is 11.1 Å². The molecule has 0 saturated heterocycles. The van der Waals surface area contributed by atoms with Crippen molar-refractivity contribution in [3.8, 4) is 0 Å². The Labute approximate surface area is 137 Å². The van der Waals surface area contributed by atoms with Crippen molar-refractivity contribution in [2.24, 2.45) is 5.92 Å². The molecule has 0 bridgehead atoms. The summed E-state index contributed by atoms with van der Waals surface area (Å²) in [6, 6.07) is 2.69. The Bertz CT molecular complexity index is 635. The molecule has 0 saturated carbocycles. The second-order valence-corrected chi connectivity index (χ2v) is 7.79. The molecule has 4 N–H and O–H groups in total. The van der Waals surface area contributed by atoms with Crippen molar-refractivity contribution >= 4 is 49.1 Å². The second-order valence-electron chi connectivity index (χ2n) is 4.83. The van der Waals surface area contributed by atoms with E-state index in [1.54, 1.807) is 0 Å². The molecular weight excluding hydrogens is 382 g/mol. The highest BCUT2D eigenvalue weighted by molar-refractivity contribution is 9.10. The molecule has 0 heterocycles. The first-order chi connectivity index (χ1) is 9.63. The van der Waals surface area contributed by atoms with Crippen LogP contribution in [0.1, 0.15) is 13.8 Å². The fraction of sp³-hybridized carbons (Fsp3) is 0.417. The minimum Gasteiger partial charge on any atom is -0.398 e. The Hall–Kier alpha value is -0.830. The van der Waals surface area contributed by atoms with Crippen molar-refractivity contribution in [1.82, 2.24) is 10.0 Å². The van der Waals surface area contributed by atoms with E-state index in [1.165, 1.54) is 12.1 Å². The number of carbonyl (C=O) groups excluding carboxylic acids is 1. The zero-order valence-corrected chi connectivity index (χ0v) is 14.8. The number of rotatable bonds is 6. The van der Waals surface area contributed by atoms with Gasteiger partial charge in [0.25, 0.3) is 0 Å². The van der Waals surface area contributed by atoms with Crippen LogP contribution in [0.25, 0.3) is 0 Å². The average molecular weight is 399 g/mol. The summed E-state index contributed by atoms with van der Waals surface area (Å²) in [7, 11) is -3.89. The van der Waals surface area contributed by atoms with E-state index >= 15 is 0 Å². The number of nitrogens with two attached hydrogens (primary N) is 1. The molecule has 0 aliphatic heterocycles. The summed E-state index contributed by atoms with van der Waals surface area (Å²) in [5.74, 6) is -0.120. The van der Waals surface area contributed by atoms with Crippen LogP contribution in [-0.2, 0) is 14.8 Å². The van der Waals surface area contributed by atoms with E-state index in [4.69, 9.17) is 17.3 Å². The summed E-state index contributed by atoms with van der Waals surface area (Å²) < 4.78 is 26.7.